The molecule has 2 heterocycles. The van der Waals surface area contributed by atoms with Crippen LogP contribution in [0.2, 0.25) is 0 Å². The van der Waals surface area contributed by atoms with E-state index in [1.807, 2.05) is 19.0 Å². The molecule has 0 atom stereocenters. The van der Waals surface area contributed by atoms with Crippen LogP contribution >= 0.6 is 0 Å². The number of halogens is 3. The first-order valence-corrected chi connectivity index (χ1v) is 6.98. The third kappa shape index (κ3) is 4.18. The van der Waals surface area contributed by atoms with Crippen LogP contribution in [-0.4, -0.2) is 54.8 Å². The number of imidazole rings is 1. The Kier molecular flexibility index (Phi) is 5.23. The lowest BCUT2D eigenvalue weighted by Gasteiger charge is -2.17. The van der Waals surface area contributed by atoms with Gasteiger partial charge in [0.2, 0.25) is 5.82 Å². The van der Waals surface area contributed by atoms with Crippen molar-refractivity contribution in [1.29, 1.82) is 0 Å². The van der Waals surface area contributed by atoms with Crippen molar-refractivity contribution in [3.63, 3.8) is 0 Å². The lowest BCUT2D eigenvalue weighted by Crippen LogP contribution is -2.26. The minimum absolute atomic E-state index is 0.185. The second kappa shape index (κ2) is 6.76. The van der Waals surface area contributed by atoms with E-state index in [0.717, 1.165) is 6.54 Å². The fourth-order valence-electron chi connectivity index (χ4n) is 2.33. The van der Waals surface area contributed by atoms with E-state index in [-0.39, 0.29) is 13.2 Å². The fraction of sp³-hybridized carbons (Fsp3) is 0.769. The first-order valence-electron chi connectivity index (χ1n) is 6.98. The van der Waals surface area contributed by atoms with E-state index in [1.54, 1.807) is 0 Å². The molecule has 0 unspecified atom stereocenters. The molecule has 0 saturated heterocycles. The van der Waals surface area contributed by atoms with Crippen LogP contribution in [0.3, 0.4) is 0 Å². The summed E-state index contributed by atoms with van der Waals surface area (Å²) in [5, 5.41) is 3.04. The predicted octanol–water partition coefficient (Wildman–Crippen LogP) is 1.13. The number of nitrogens with zero attached hydrogens (tertiary/aromatic N) is 3. The highest BCUT2D eigenvalue weighted by Gasteiger charge is 2.39. The molecule has 0 saturated carbocycles. The molecule has 0 spiro atoms. The molecule has 1 aliphatic heterocycles. The van der Waals surface area contributed by atoms with Crippen molar-refractivity contribution in [2.24, 2.45) is 0 Å². The molecule has 0 fully saturated rings. The number of rotatable bonds is 6. The molecular weight excluding hydrogens is 285 g/mol. The van der Waals surface area contributed by atoms with Gasteiger partial charge in [-0.25, -0.2) is 4.98 Å². The largest absolute Gasteiger partial charge is 0.449 e. The van der Waals surface area contributed by atoms with Gasteiger partial charge >= 0.3 is 6.18 Å². The van der Waals surface area contributed by atoms with Crippen LogP contribution in [0.4, 0.5) is 13.2 Å². The monoisotopic (exact) mass is 306 g/mol. The number of alkyl halides is 3. The van der Waals surface area contributed by atoms with Gasteiger partial charge in [-0.2, -0.15) is 13.2 Å². The first kappa shape index (κ1) is 16.3. The van der Waals surface area contributed by atoms with E-state index in [2.05, 4.69) is 10.3 Å². The fourth-order valence-corrected chi connectivity index (χ4v) is 2.33. The van der Waals surface area contributed by atoms with Crippen LogP contribution in [0.25, 0.3) is 0 Å². The number of hydrogen-bond acceptors (Lipinski definition) is 4. The number of hydrogen-bond donors (Lipinski definition) is 1. The average Bonchev–Trinajstić information content (AvgIpc) is 2.77. The lowest BCUT2D eigenvalue weighted by atomic mass is 10.2. The molecule has 120 valence electrons. The molecule has 5 nitrogen and oxygen atoms in total. The summed E-state index contributed by atoms with van der Waals surface area (Å²) in [6.07, 6.45) is -3.86. The zero-order valence-electron chi connectivity index (χ0n) is 12.3. The molecule has 1 aliphatic rings. The highest BCUT2D eigenvalue weighted by molar-refractivity contribution is 5.21. The van der Waals surface area contributed by atoms with Crippen molar-refractivity contribution < 1.29 is 17.9 Å². The highest BCUT2D eigenvalue weighted by atomic mass is 19.4. The van der Waals surface area contributed by atoms with Crippen LogP contribution in [0, 0.1) is 0 Å². The van der Waals surface area contributed by atoms with Gasteiger partial charge in [-0.3, -0.25) is 0 Å². The summed E-state index contributed by atoms with van der Waals surface area (Å²) < 4.78 is 45.9. The topological polar surface area (TPSA) is 42.3 Å². The third-order valence-electron chi connectivity index (χ3n) is 3.38. The second-order valence-electron chi connectivity index (χ2n) is 5.32. The summed E-state index contributed by atoms with van der Waals surface area (Å²) in [6.45, 7) is 2.77. The van der Waals surface area contributed by atoms with Gasteiger partial charge in [0.05, 0.1) is 18.9 Å². The molecule has 1 aromatic heterocycles. The van der Waals surface area contributed by atoms with E-state index in [9.17, 15) is 13.2 Å². The second-order valence-corrected chi connectivity index (χ2v) is 5.32. The van der Waals surface area contributed by atoms with Gasteiger partial charge in [0, 0.05) is 38.3 Å². The Balaban J connectivity index is 2.04. The molecule has 0 aliphatic carbocycles. The van der Waals surface area contributed by atoms with Crippen LogP contribution < -0.4 is 5.32 Å². The Morgan fingerprint density at radius 3 is 2.76 bits per heavy atom. The zero-order valence-corrected chi connectivity index (χ0v) is 12.3. The Morgan fingerprint density at radius 2 is 2.10 bits per heavy atom. The lowest BCUT2D eigenvalue weighted by molar-refractivity contribution is -0.147. The van der Waals surface area contributed by atoms with Gasteiger partial charge in [-0.1, -0.05) is 0 Å². The van der Waals surface area contributed by atoms with Crippen LogP contribution in [0.15, 0.2) is 0 Å². The summed E-state index contributed by atoms with van der Waals surface area (Å²) in [4.78, 5) is 5.72. The Hall–Kier alpha value is -1.12. The zero-order chi connectivity index (χ0) is 15.5. The van der Waals surface area contributed by atoms with Crippen molar-refractivity contribution in [2.45, 2.75) is 25.7 Å². The van der Waals surface area contributed by atoms with Gasteiger partial charge < -0.3 is 19.5 Å². The number of likely N-dealkylation sites (N-methyl/N-ethyl adjacent to an activating group) is 1. The van der Waals surface area contributed by atoms with E-state index in [1.165, 1.54) is 4.57 Å². The molecule has 0 aromatic carbocycles. The quantitative estimate of drug-likeness (QED) is 0.800. The van der Waals surface area contributed by atoms with Gasteiger partial charge in [-0.05, 0) is 14.1 Å². The minimum Gasteiger partial charge on any atom is -0.378 e. The molecule has 0 radical (unpaired) electrons. The molecule has 2 rings (SSSR count). The Labute approximate surface area is 122 Å². The maximum Gasteiger partial charge on any atom is 0.449 e. The predicted molar refractivity (Wildman–Crippen MR) is 72.0 cm³/mol. The van der Waals surface area contributed by atoms with E-state index >= 15 is 0 Å². The highest BCUT2D eigenvalue weighted by Crippen LogP contribution is 2.31. The number of aromatic nitrogens is 2. The molecule has 0 bridgehead atoms. The maximum atomic E-state index is 13.1. The summed E-state index contributed by atoms with van der Waals surface area (Å²) in [5.74, 6) is -0.813. The maximum absolute atomic E-state index is 13.1. The Bertz CT molecular complexity index is 471. The molecule has 0 amide bonds. The van der Waals surface area contributed by atoms with E-state index in [4.69, 9.17) is 4.74 Å². The summed E-state index contributed by atoms with van der Waals surface area (Å²) in [6, 6.07) is 0. The average molecular weight is 306 g/mol. The van der Waals surface area contributed by atoms with E-state index < -0.39 is 12.0 Å². The number of nitrogens with one attached hydrogen (secondary N) is 1. The van der Waals surface area contributed by atoms with Crippen LogP contribution in [0.5, 0.6) is 0 Å². The SMILES string of the molecule is CN(C)CCOCCn1c(C(F)(F)F)nc2c1CCNC2. The van der Waals surface area contributed by atoms with Crippen molar-refractivity contribution in [3.05, 3.63) is 17.2 Å². The molecule has 8 heteroatoms. The van der Waals surface area contributed by atoms with Gasteiger partial charge in [0.15, 0.2) is 0 Å². The van der Waals surface area contributed by atoms with Crippen LogP contribution in [-0.2, 0) is 30.4 Å². The number of fused-ring (bicyclic) bond motifs is 1. The molecule has 21 heavy (non-hydrogen) atoms. The van der Waals surface area contributed by atoms with E-state index in [0.29, 0.717) is 37.5 Å². The molecule has 1 N–H and O–H groups in total. The van der Waals surface area contributed by atoms with Gasteiger partial charge in [0.1, 0.15) is 0 Å². The number of ether oxygens (including phenoxy) is 1. The molecule has 1 aromatic rings. The summed E-state index contributed by atoms with van der Waals surface area (Å²) in [7, 11) is 3.84. The Morgan fingerprint density at radius 1 is 1.33 bits per heavy atom. The van der Waals surface area contributed by atoms with Crippen LogP contribution in [0.1, 0.15) is 17.2 Å². The first-order chi connectivity index (χ1) is 9.89. The standard InChI is InChI=1S/C13H21F3N4O/c1-19(2)5-7-21-8-6-20-11-3-4-17-9-10(11)18-12(20)13(14,15)16/h17H,3-9H2,1-2H3. The van der Waals surface area contributed by atoms with Crippen molar-refractivity contribution in [3.8, 4) is 0 Å². The minimum atomic E-state index is -4.43. The van der Waals surface area contributed by atoms with Gasteiger partial charge in [0.25, 0.3) is 0 Å². The van der Waals surface area contributed by atoms with Crippen molar-refractivity contribution in [2.75, 3.05) is 40.4 Å². The summed E-state index contributed by atoms with van der Waals surface area (Å²) in [5.41, 5.74) is 1.18. The van der Waals surface area contributed by atoms with Crippen molar-refractivity contribution in [1.82, 2.24) is 19.8 Å². The normalized spacial score (nSPS) is 15.5. The van der Waals surface area contributed by atoms with Gasteiger partial charge in [-0.15, -0.1) is 0 Å². The molecular formula is C13H21F3N4O. The third-order valence-corrected chi connectivity index (χ3v) is 3.38. The smallest absolute Gasteiger partial charge is 0.378 e. The van der Waals surface area contributed by atoms with Crippen molar-refractivity contribution >= 4 is 0 Å². The summed E-state index contributed by atoms with van der Waals surface area (Å²) >= 11 is 0.